The molecule has 0 heterocycles. The molecular weight excluding hydrogens is 323 g/mol. The molecule has 0 atom stereocenters. The number of hydrogen-bond donors (Lipinski definition) is 0. The van der Waals surface area contributed by atoms with E-state index in [9.17, 15) is 9.18 Å². The predicted molar refractivity (Wildman–Crippen MR) is 93.6 cm³/mol. The average molecular weight is 346 g/mol. The summed E-state index contributed by atoms with van der Waals surface area (Å²) in [6.07, 6.45) is 1.01. The minimum atomic E-state index is -0.416. The summed E-state index contributed by atoms with van der Waals surface area (Å²) in [6.45, 7) is 6.03. The smallest absolute Gasteiger partial charge is 0.310 e. The van der Waals surface area contributed by atoms with E-state index >= 15 is 0 Å². The van der Waals surface area contributed by atoms with E-state index in [0.29, 0.717) is 23.7 Å². The maximum Gasteiger partial charge on any atom is 0.310 e. The van der Waals surface area contributed by atoms with Crippen LogP contribution in [0.1, 0.15) is 38.3 Å². The molecule has 0 aromatic heterocycles. The summed E-state index contributed by atoms with van der Waals surface area (Å²) in [5.74, 6) is 0.294. The van der Waals surface area contributed by atoms with Gasteiger partial charge in [-0.05, 0) is 43.2 Å². The Morgan fingerprint density at radius 1 is 1.00 bits per heavy atom. The van der Waals surface area contributed by atoms with Crippen molar-refractivity contribution < 1.29 is 23.4 Å². The lowest BCUT2D eigenvalue weighted by Gasteiger charge is -2.16. The summed E-state index contributed by atoms with van der Waals surface area (Å²) < 4.78 is 30.7. The molecule has 0 unspecified atom stereocenters. The molecule has 2 aromatic rings. The predicted octanol–water partition coefficient (Wildman–Crippen LogP) is 4.68. The first-order valence-corrected chi connectivity index (χ1v) is 8.45. The molecule has 0 saturated heterocycles. The molecule has 2 rings (SSSR count). The Morgan fingerprint density at radius 3 is 2.40 bits per heavy atom. The number of hydrogen-bond acceptors (Lipinski definition) is 4. The molecule has 4 nitrogen and oxygen atoms in total. The van der Waals surface area contributed by atoms with E-state index in [1.54, 1.807) is 31.2 Å². The van der Waals surface area contributed by atoms with Crippen LogP contribution in [0.5, 0.6) is 17.2 Å². The van der Waals surface area contributed by atoms with Crippen LogP contribution in [0, 0.1) is 5.82 Å². The second-order valence-corrected chi connectivity index (χ2v) is 5.40. The molecule has 0 aliphatic heterocycles. The van der Waals surface area contributed by atoms with Gasteiger partial charge in [0.2, 0.25) is 0 Å². The van der Waals surface area contributed by atoms with Crippen molar-refractivity contribution in [1.82, 2.24) is 0 Å². The van der Waals surface area contributed by atoms with Gasteiger partial charge in [-0.2, -0.15) is 0 Å². The van der Waals surface area contributed by atoms with E-state index < -0.39 is 5.82 Å². The second-order valence-electron chi connectivity index (χ2n) is 5.40. The first-order chi connectivity index (χ1) is 12.1. The van der Waals surface area contributed by atoms with Gasteiger partial charge in [0.15, 0.2) is 11.6 Å². The highest BCUT2D eigenvalue weighted by Gasteiger charge is 2.15. The van der Waals surface area contributed by atoms with Gasteiger partial charge in [-0.1, -0.05) is 26.0 Å². The lowest BCUT2D eigenvalue weighted by atomic mass is 10.1. The lowest BCUT2D eigenvalue weighted by Crippen LogP contribution is -2.10. The zero-order valence-corrected chi connectivity index (χ0v) is 14.8. The molecule has 0 fully saturated rings. The highest BCUT2D eigenvalue weighted by Crippen LogP contribution is 2.31. The van der Waals surface area contributed by atoms with Gasteiger partial charge in [0.1, 0.15) is 18.1 Å². The Labute approximate surface area is 147 Å². The van der Waals surface area contributed by atoms with Gasteiger partial charge in [-0.25, -0.2) is 4.39 Å². The third-order valence-corrected chi connectivity index (χ3v) is 3.68. The van der Waals surface area contributed by atoms with E-state index in [0.717, 1.165) is 12.0 Å². The largest absolute Gasteiger partial charge is 0.493 e. The minimum Gasteiger partial charge on any atom is -0.493 e. The van der Waals surface area contributed by atoms with E-state index in [-0.39, 0.29) is 24.7 Å². The first kappa shape index (κ1) is 18.8. The number of benzene rings is 2. The van der Waals surface area contributed by atoms with E-state index in [4.69, 9.17) is 14.2 Å². The summed E-state index contributed by atoms with van der Waals surface area (Å²) in [6, 6.07) is 10.1. The topological polar surface area (TPSA) is 44.8 Å². The van der Waals surface area contributed by atoms with Crippen molar-refractivity contribution in [3.8, 4) is 17.2 Å². The van der Waals surface area contributed by atoms with Gasteiger partial charge in [-0.15, -0.1) is 0 Å². The minimum absolute atomic E-state index is 0.0326. The van der Waals surface area contributed by atoms with Crippen LogP contribution in [-0.4, -0.2) is 12.6 Å². The fourth-order valence-electron chi connectivity index (χ4n) is 2.30. The number of esters is 1. The van der Waals surface area contributed by atoms with Crippen LogP contribution in [0.4, 0.5) is 4.39 Å². The quantitative estimate of drug-likeness (QED) is 0.514. The van der Waals surface area contributed by atoms with Crippen molar-refractivity contribution in [2.75, 3.05) is 6.61 Å². The van der Waals surface area contributed by atoms with Crippen LogP contribution in [0.3, 0.4) is 0 Å². The number of ether oxygens (including phenoxy) is 3. The molecule has 0 saturated carbocycles. The van der Waals surface area contributed by atoms with Gasteiger partial charge in [0, 0.05) is 6.42 Å². The summed E-state index contributed by atoms with van der Waals surface area (Å²) in [7, 11) is 0. The van der Waals surface area contributed by atoms with Crippen molar-refractivity contribution in [3.63, 3.8) is 0 Å². The Kier molecular flexibility index (Phi) is 6.81. The molecule has 0 bridgehead atoms. The summed E-state index contributed by atoms with van der Waals surface area (Å²) in [5.41, 5.74) is 1.47. The van der Waals surface area contributed by atoms with E-state index in [1.807, 2.05) is 19.9 Å². The maximum absolute atomic E-state index is 14.1. The van der Waals surface area contributed by atoms with E-state index in [2.05, 4.69) is 0 Å². The highest BCUT2D eigenvalue weighted by molar-refractivity contribution is 5.72. The molecule has 25 heavy (non-hydrogen) atoms. The van der Waals surface area contributed by atoms with Gasteiger partial charge in [0.25, 0.3) is 0 Å². The van der Waals surface area contributed by atoms with Gasteiger partial charge < -0.3 is 14.2 Å². The molecule has 0 aliphatic carbocycles. The van der Waals surface area contributed by atoms with Crippen LogP contribution < -0.4 is 14.2 Å². The second kappa shape index (κ2) is 9.06. The number of halogens is 1. The normalized spacial score (nSPS) is 10.4. The molecule has 134 valence electrons. The fraction of sp³-hybridized carbons (Fsp3) is 0.350. The number of carbonyl (C=O) groups excluding carboxylic acids is 1. The fourth-order valence-corrected chi connectivity index (χ4v) is 2.30. The molecule has 0 amide bonds. The summed E-state index contributed by atoms with van der Waals surface area (Å²) in [4.78, 5) is 11.6. The van der Waals surface area contributed by atoms with Crippen molar-refractivity contribution in [3.05, 3.63) is 53.3 Å². The Balaban J connectivity index is 2.25. The van der Waals surface area contributed by atoms with E-state index in [1.165, 1.54) is 6.07 Å². The summed E-state index contributed by atoms with van der Waals surface area (Å²) >= 11 is 0. The first-order valence-electron chi connectivity index (χ1n) is 8.45. The van der Waals surface area contributed by atoms with Gasteiger partial charge in [-0.3, -0.25) is 4.79 Å². The average Bonchev–Trinajstić information content (AvgIpc) is 2.62. The lowest BCUT2D eigenvalue weighted by molar-refractivity contribution is -0.134. The molecule has 0 aliphatic rings. The Morgan fingerprint density at radius 2 is 1.76 bits per heavy atom. The van der Waals surface area contributed by atoms with Crippen LogP contribution in [-0.2, 0) is 17.8 Å². The molecule has 0 spiro atoms. The highest BCUT2D eigenvalue weighted by atomic mass is 19.1. The van der Waals surface area contributed by atoms with Crippen LogP contribution >= 0.6 is 0 Å². The van der Waals surface area contributed by atoms with Crippen LogP contribution in [0.25, 0.3) is 0 Å². The van der Waals surface area contributed by atoms with Gasteiger partial charge >= 0.3 is 5.97 Å². The van der Waals surface area contributed by atoms with Crippen LogP contribution in [0.15, 0.2) is 36.4 Å². The zero-order valence-electron chi connectivity index (χ0n) is 14.8. The van der Waals surface area contributed by atoms with Crippen molar-refractivity contribution in [2.24, 2.45) is 0 Å². The number of rotatable bonds is 8. The maximum atomic E-state index is 14.1. The number of aryl methyl sites for hydroxylation is 1. The zero-order chi connectivity index (χ0) is 18.2. The SMILES string of the molecule is CCOc1cccc(OC(=O)CC)c1COc1ccc(CC)cc1F. The molecular formula is C20H23FO4. The standard InChI is InChI=1S/C20H23FO4/c1-4-14-10-11-19(16(21)12-14)24-13-15-17(23-6-3)8-7-9-18(15)25-20(22)5-2/h7-12H,4-6,13H2,1-3H3. The summed E-state index contributed by atoms with van der Waals surface area (Å²) in [5, 5.41) is 0. The Hall–Kier alpha value is -2.56. The molecule has 0 radical (unpaired) electrons. The molecule has 5 heteroatoms. The van der Waals surface area contributed by atoms with Gasteiger partial charge in [0.05, 0.1) is 12.2 Å². The van der Waals surface area contributed by atoms with Crippen molar-refractivity contribution >= 4 is 5.97 Å². The monoisotopic (exact) mass is 346 g/mol. The molecule has 2 aromatic carbocycles. The third kappa shape index (κ3) is 4.95. The Bertz CT molecular complexity index is 728. The van der Waals surface area contributed by atoms with Crippen molar-refractivity contribution in [1.29, 1.82) is 0 Å². The number of carbonyl (C=O) groups is 1. The van der Waals surface area contributed by atoms with Crippen molar-refractivity contribution in [2.45, 2.75) is 40.2 Å². The third-order valence-electron chi connectivity index (χ3n) is 3.68. The van der Waals surface area contributed by atoms with Crippen LogP contribution in [0.2, 0.25) is 0 Å². The molecule has 0 N–H and O–H groups in total.